The first-order valence-corrected chi connectivity index (χ1v) is 9.79. The Hall–Kier alpha value is -0.980. The maximum atomic E-state index is 12.4. The smallest absolute Gasteiger partial charge is 0.239 e. The summed E-state index contributed by atoms with van der Waals surface area (Å²) in [6, 6.07) is 10.1. The van der Waals surface area contributed by atoms with Gasteiger partial charge in [-0.05, 0) is 12.5 Å². The van der Waals surface area contributed by atoms with Gasteiger partial charge in [0.2, 0.25) is 5.91 Å². The monoisotopic (exact) mass is 336 g/mol. The van der Waals surface area contributed by atoms with Crippen LogP contribution in [0.1, 0.15) is 5.01 Å². The highest BCUT2D eigenvalue weighted by Crippen LogP contribution is 2.34. The minimum absolute atomic E-state index is 0.0365. The molecule has 110 valence electrons. The third kappa shape index (κ3) is 3.62. The van der Waals surface area contributed by atoms with Crippen molar-refractivity contribution in [2.24, 2.45) is 0 Å². The maximum Gasteiger partial charge on any atom is 0.239 e. The van der Waals surface area contributed by atoms with E-state index in [0.717, 1.165) is 32.7 Å². The fraction of sp³-hybridized carbons (Fsp3) is 0.333. The Morgan fingerprint density at radius 3 is 2.81 bits per heavy atom. The number of benzene rings is 1. The molecule has 1 aromatic carbocycles. The van der Waals surface area contributed by atoms with E-state index in [2.05, 4.69) is 10.3 Å². The van der Waals surface area contributed by atoms with Crippen molar-refractivity contribution in [1.82, 2.24) is 4.98 Å². The van der Waals surface area contributed by atoms with Crippen LogP contribution in [0.3, 0.4) is 0 Å². The first-order valence-electron chi connectivity index (χ1n) is 6.77. The molecule has 1 N–H and O–H groups in total. The summed E-state index contributed by atoms with van der Waals surface area (Å²) < 4.78 is 0. The molecule has 0 saturated carbocycles. The normalized spacial score (nSPS) is 18.4. The molecule has 1 fully saturated rings. The van der Waals surface area contributed by atoms with Crippen LogP contribution < -0.4 is 5.32 Å². The summed E-state index contributed by atoms with van der Waals surface area (Å²) in [5.74, 6) is 3.85. The van der Waals surface area contributed by atoms with Crippen molar-refractivity contribution in [3.05, 3.63) is 35.3 Å². The van der Waals surface area contributed by atoms with Crippen molar-refractivity contribution < 1.29 is 4.79 Å². The highest BCUT2D eigenvalue weighted by atomic mass is 32.2. The predicted molar refractivity (Wildman–Crippen MR) is 94.5 cm³/mol. The molecule has 2 aromatic rings. The van der Waals surface area contributed by atoms with Crippen molar-refractivity contribution in [3.63, 3.8) is 0 Å². The van der Waals surface area contributed by atoms with Crippen molar-refractivity contribution in [1.29, 1.82) is 0 Å². The van der Waals surface area contributed by atoms with Crippen LogP contribution in [-0.2, 0) is 4.79 Å². The van der Waals surface area contributed by atoms with Gasteiger partial charge in [0, 0.05) is 17.3 Å². The minimum Gasteiger partial charge on any atom is -0.308 e. The lowest BCUT2D eigenvalue weighted by molar-refractivity contribution is -0.115. The van der Waals surface area contributed by atoms with Gasteiger partial charge in [-0.25, -0.2) is 4.98 Å². The molecule has 0 spiro atoms. The largest absolute Gasteiger partial charge is 0.308 e. The second kappa shape index (κ2) is 6.85. The molecule has 1 aromatic heterocycles. The maximum absolute atomic E-state index is 12.4. The zero-order chi connectivity index (χ0) is 14.7. The Morgan fingerprint density at radius 1 is 1.29 bits per heavy atom. The van der Waals surface area contributed by atoms with Crippen LogP contribution in [0.4, 0.5) is 5.82 Å². The zero-order valence-corrected chi connectivity index (χ0v) is 14.1. The molecule has 6 heteroatoms. The number of thioether (sulfide) groups is 2. The number of aryl methyl sites for hydroxylation is 1. The van der Waals surface area contributed by atoms with Crippen molar-refractivity contribution in [3.8, 4) is 10.4 Å². The Kier molecular flexibility index (Phi) is 4.87. The van der Waals surface area contributed by atoms with Crippen LogP contribution >= 0.6 is 34.9 Å². The van der Waals surface area contributed by atoms with Crippen LogP contribution in [0, 0.1) is 6.92 Å². The number of nitrogens with one attached hydrogen (secondary N) is 1. The Balaban J connectivity index is 1.81. The lowest BCUT2D eigenvalue weighted by Gasteiger charge is -2.19. The zero-order valence-electron chi connectivity index (χ0n) is 11.7. The van der Waals surface area contributed by atoms with Crippen molar-refractivity contribution >= 4 is 46.6 Å². The molecular weight excluding hydrogens is 320 g/mol. The summed E-state index contributed by atoms with van der Waals surface area (Å²) in [4.78, 5) is 17.9. The number of hydrogen-bond donors (Lipinski definition) is 1. The number of amides is 1. The second-order valence-electron chi connectivity index (χ2n) is 4.70. The minimum atomic E-state index is 0.0365. The average Bonchev–Trinajstić information content (AvgIpc) is 2.89. The first-order chi connectivity index (χ1) is 10.2. The molecule has 3 rings (SSSR count). The number of carbonyl (C=O) groups excluding carboxylic acids is 1. The van der Waals surface area contributed by atoms with E-state index in [4.69, 9.17) is 0 Å². The van der Waals surface area contributed by atoms with Gasteiger partial charge in [0.25, 0.3) is 0 Å². The summed E-state index contributed by atoms with van der Waals surface area (Å²) in [5.41, 5.74) is 1.10. The molecule has 0 bridgehead atoms. The number of anilines is 1. The van der Waals surface area contributed by atoms with Gasteiger partial charge < -0.3 is 5.32 Å². The van der Waals surface area contributed by atoms with E-state index >= 15 is 0 Å². The molecule has 0 aliphatic carbocycles. The molecule has 21 heavy (non-hydrogen) atoms. The standard InChI is InChI=1S/C15H16N2OS3/c1-10-16-14(13(21-10)11-5-3-2-4-6-11)17-15(18)12-9-19-7-8-20-12/h2-6,12H,7-9H2,1H3,(H,17,18)/t12-/m0/s1. The summed E-state index contributed by atoms with van der Waals surface area (Å²) in [7, 11) is 0. The van der Waals surface area contributed by atoms with E-state index in [1.54, 1.807) is 23.1 Å². The fourth-order valence-corrected chi connectivity index (χ4v) is 5.57. The van der Waals surface area contributed by atoms with Gasteiger partial charge >= 0.3 is 0 Å². The molecule has 3 nitrogen and oxygen atoms in total. The fourth-order valence-electron chi connectivity index (χ4n) is 2.13. The van der Waals surface area contributed by atoms with E-state index in [1.807, 2.05) is 49.0 Å². The lowest BCUT2D eigenvalue weighted by atomic mass is 10.2. The van der Waals surface area contributed by atoms with Gasteiger partial charge in [-0.1, -0.05) is 30.3 Å². The molecule has 0 unspecified atom stereocenters. The highest BCUT2D eigenvalue weighted by Gasteiger charge is 2.24. The lowest BCUT2D eigenvalue weighted by Crippen LogP contribution is -2.30. The number of nitrogens with zero attached hydrogens (tertiary/aromatic N) is 1. The number of carbonyl (C=O) groups is 1. The van der Waals surface area contributed by atoms with Gasteiger partial charge in [0.1, 0.15) is 0 Å². The van der Waals surface area contributed by atoms with Crippen LogP contribution in [0.2, 0.25) is 0 Å². The van der Waals surface area contributed by atoms with Gasteiger partial charge in [-0.2, -0.15) is 11.8 Å². The van der Waals surface area contributed by atoms with Gasteiger partial charge in [0.05, 0.1) is 15.1 Å². The average molecular weight is 337 g/mol. The summed E-state index contributed by atoms with van der Waals surface area (Å²) in [6.45, 7) is 1.97. The molecule has 1 amide bonds. The molecule has 1 saturated heterocycles. The second-order valence-corrected chi connectivity index (χ2v) is 8.36. The van der Waals surface area contributed by atoms with Crippen LogP contribution in [-0.4, -0.2) is 33.4 Å². The van der Waals surface area contributed by atoms with E-state index in [-0.39, 0.29) is 11.2 Å². The quantitative estimate of drug-likeness (QED) is 0.923. The van der Waals surface area contributed by atoms with E-state index < -0.39 is 0 Å². The number of thiazole rings is 1. The SMILES string of the molecule is Cc1nc(NC(=O)[C@@H]2CSCCS2)c(-c2ccccc2)s1. The topological polar surface area (TPSA) is 42.0 Å². The third-order valence-corrected chi connectivity index (χ3v) is 6.89. The summed E-state index contributed by atoms with van der Waals surface area (Å²) >= 11 is 5.21. The van der Waals surface area contributed by atoms with Crippen molar-refractivity contribution in [2.75, 3.05) is 22.6 Å². The van der Waals surface area contributed by atoms with Gasteiger partial charge in [-0.15, -0.1) is 23.1 Å². The molecule has 2 heterocycles. The molecular formula is C15H16N2OS3. The van der Waals surface area contributed by atoms with Gasteiger partial charge in [-0.3, -0.25) is 4.79 Å². The molecule has 0 radical (unpaired) electrons. The number of aromatic nitrogens is 1. The van der Waals surface area contributed by atoms with Crippen LogP contribution in [0.5, 0.6) is 0 Å². The van der Waals surface area contributed by atoms with Crippen molar-refractivity contribution in [2.45, 2.75) is 12.2 Å². The molecule has 1 atom stereocenters. The molecule has 1 aliphatic rings. The molecule has 1 aliphatic heterocycles. The van der Waals surface area contributed by atoms with Gasteiger partial charge in [0.15, 0.2) is 5.82 Å². The highest BCUT2D eigenvalue weighted by molar-refractivity contribution is 8.07. The number of rotatable bonds is 3. The predicted octanol–water partition coefficient (Wildman–Crippen LogP) is 3.91. The Morgan fingerprint density at radius 2 is 2.10 bits per heavy atom. The van der Waals surface area contributed by atoms with E-state index in [0.29, 0.717) is 5.82 Å². The first kappa shape index (κ1) is 14.9. The summed E-state index contributed by atoms with van der Waals surface area (Å²) in [5, 5.41) is 4.03. The Bertz CT molecular complexity index is 621. The van der Waals surface area contributed by atoms with Crippen LogP contribution in [0.25, 0.3) is 10.4 Å². The number of hydrogen-bond acceptors (Lipinski definition) is 5. The third-order valence-electron chi connectivity index (χ3n) is 3.12. The van der Waals surface area contributed by atoms with E-state index in [1.165, 1.54) is 0 Å². The Labute approximate surface area is 136 Å². The van der Waals surface area contributed by atoms with Crippen LogP contribution in [0.15, 0.2) is 30.3 Å². The van der Waals surface area contributed by atoms with E-state index in [9.17, 15) is 4.79 Å². The summed E-state index contributed by atoms with van der Waals surface area (Å²) in [6.07, 6.45) is 0.